The first-order valence-electron chi connectivity index (χ1n) is 22.1. The van der Waals surface area contributed by atoms with Crippen LogP contribution in [0.5, 0.6) is 11.8 Å². The van der Waals surface area contributed by atoms with E-state index >= 15 is 0 Å². The van der Waals surface area contributed by atoms with Gasteiger partial charge in [0.15, 0.2) is 11.6 Å². The number of imidazole rings is 2. The lowest BCUT2D eigenvalue weighted by molar-refractivity contribution is 0.166. The Kier molecular flexibility index (Phi) is 10.9. The van der Waals surface area contributed by atoms with Gasteiger partial charge in [-0.3, -0.25) is 28.2 Å². The fourth-order valence-electron chi connectivity index (χ4n) is 8.77. The molecule has 12 rings (SSSR count). The first-order valence-corrected chi connectivity index (χ1v) is 22.9. The van der Waals surface area contributed by atoms with Crippen LogP contribution in [0.1, 0.15) is 67.8 Å². The van der Waals surface area contributed by atoms with Gasteiger partial charge in [0.2, 0.25) is 11.8 Å². The van der Waals surface area contributed by atoms with Crippen molar-refractivity contribution in [3.63, 3.8) is 0 Å². The summed E-state index contributed by atoms with van der Waals surface area (Å²) in [7, 11) is 0. The van der Waals surface area contributed by atoms with Gasteiger partial charge in [-0.15, -0.1) is 0 Å². The smallest absolute Gasteiger partial charge is 0.329 e. The average Bonchev–Trinajstić information content (AvgIpc) is 4.14. The standard InChI is InChI=1S/C24H25N5O3.C23H22BrN5O3/c1-15-2-5-18-19(10-15)26-22(27-23(18)32-14-16-7-9-31-13-16)12-28-21-11-25-8-6-20(21)29(24(28)30)17-3-4-17;24-15-1-4-17-18(9-15)26-21(27-22(17)32-13-14-6-8-31-12-14)11-28-20-10-25-7-5-19(20)29(23(28)30)16-2-3-16/h2,5-6,8,10-11,16-17H,3-4,7,9,12-14H2,1H3;1,4-5,7,9-10,14,16H,2-3,6,8,11-13H2. The van der Waals surface area contributed by atoms with E-state index in [2.05, 4.69) is 25.9 Å². The molecule has 8 aromatic rings. The maximum atomic E-state index is 13.3. The normalized spacial score (nSPS) is 18.6. The molecule has 2 saturated heterocycles. The van der Waals surface area contributed by atoms with Crippen LogP contribution >= 0.6 is 15.9 Å². The van der Waals surface area contributed by atoms with Crippen molar-refractivity contribution in [1.82, 2.24) is 48.2 Å². The van der Waals surface area contributed by atoms with E-state index in [1.807, 2.05) is 64.6 Å². The molecule has 17 heteroatoms. The van der Waals surface area contributed by atoms with Crippen LogP contribution in [-0.2, 0) is 22.6 Å². The number of hydrogen-bond donors (Lipinski definition) is 0. The van der Waals surface area contributed by atoms with Gasteiger partial charge in [0, 0.05) is 54.0 Å². The fourth-order valence-corrected chi connectivity index (χ4v) is 9.12. The highest BCUT2D eigenvalue weighted by atomic mass is 79.9. The van der Waals surface area contributed by atoms with Crippen molar-refractivity contribution < 1.29 is 18.9 Å². The van der Waals surface area contributed by atoms with Crippen LogP contribution in [-0.4, -0.2) is 87.8 Å². The molecule has 2 saturated carbocycles. The minimum Gasteiger partial charge on any atom is -0.477 e. The quantitative estimate of drug-likeness (QED) is 0.124. The van der Waals surface area contributed by atoms with Gasteiger partial charge in [0.25, 0.3) is 0 Å². The molecule has 2 unspecified atom stereocenters. The lowest BCUT2D eigenvalue weighted by atomic mass is 10.1. The summed E-state index contributed by atoms with van der Waals surface area (Å²) in [6.45, 7) is 6.67. The number of ether oxygens (including phenoxy) is 4. The molecule has 0 spiro atoms. The van der Waals surface area contributed by atoms with Crippen molar-refractivity contribution >= 4 is 59.8 Å². The van der Waals surface area contributed by atoms with E-state index in [-0.39, 0.29) is 36.6 Å². The van der Waals surface area contributed by atoms with E-state index in [1.54, 1.807) is 33.9 Å². The molecular formula is C47H47BrN10O6. The lowest BCUT2D eigenvalue weighted by Gasteiger charge is -2.13. The summed E-state index contributed by atoms with van der Waals surface area (Å²) >= 11 is 3.53. The number of pyridine rings is 2. The Balaban J connectivity index is 0.000000143. The van der Waals surface area contributed by atoms with Crippen LogP contribution < -0.4 is 20.9 Å². The maximum absolute atomic E-state index is 13.3. The van der Waals surface area contributed by atoms with E-state index < -0.39 is 0 Å². The Morgan fingerprint density at radius 1 is 0.625 bits per heavy atom. The van der Waals surface area contributed by atoms with Crippen LogP contribution in [0.3, 0.4) is 0 Å². The minimum atomic E-state index is -0.0426. The third-order valence-corrected chi connectivity index (χ3v) is 12.9. The van der Waals surface area contributed by atoms with Gasteiger partial charge in [-0.25, -0.2) is 19.6 Å². The molecule has 328 valence electrons. The monoisotopic (exact) mass is 926 g/mol. The van der Waals surface area contributed by atoms with Crippen molar-refractivity contribution in [1.29, 1.82) is 0 Å². The topological polar surface area (TPSA) is 168 Å². The number of aromatic nitrogens is 10. The molecule has 8 heterocycles. The van der Waals surface area contributed by atoms with Crippen molar-refractivity contribution in [3.8, 4) is 11.8 Å². The number of nitrogens with zero attached hydrogens (tertiary/aromatic N) is 10. The van der Waals surface area contributed by atoms with E-state index in [4.69, 9.17) is 38.9 Å². The van der Waals surface area contributed by atoms with Gasteiger partial charge in [-0.1, -0.05) is 22.0 Å². The second-order valence-electron chi connectivity index (χ2n) is 17.3. The molecule has 6 aromatic heterocycles. The van der Waals surface area contributed by atoms with Crippen LogP contribution in [0.4, 0.5) is 0 Å². The molecule has 2 aliphatic carbocycles. The zero-order valence-electron chi connectivity index (χ0n) is 35.4. The Bertz CT molecular complexity index is 2950. The lowest BCUT2D eigenvalue weighted by Crippen LogP contribution is -2.25. The maximum Gasteiger partial charge on any atom is 0.329 e. The number of hydrogen-bond acceptors (Lipinski definition) is 12. The SMILES string of the molecule is Cc1ccc2c(OCC3CCOC3)nc(Cn3c(=O)n(C4CC4)c4ccncc43)nc2c1.O=c1n(Cc2nc(OCC3CCOC3)c3ccc(Br)cc3n2)c2cnccc2n1C1CC1. The summed E-state index contributed by atoms with van der Waals surface area (Å²) in [6.07, 6.45) is 13.1. The number of halogens is 1. The molecule has 0 N–H and O–H groups in total. The Morgan fingerprint density at radius 3 is 1.61 bits per heavy atom. The summed E-state index contributed by atoms with van der Waals surface area (Å²) in [5.74, 6) is 2.94. The van der Waals surface area contributed by atoms with Gasteiger partial charge in [-0.05, 0) is 93.5 Å². The molecule has 0 amide bonds. The number of benzene rings is 2. The molecule has 16 nitrogen and oxygen atoms in total. The van der Waals surface area contributed by atoms with E-state index in [9.17, 15) is 9.59 Å². The van der Waals surface area contributed by atoms with Gasteiger partial charge in [0.1, 0.15) is 0 Å². The Morgan fingerprint density at radius 2 is 1.12 bits per heavy atom. The molecule has 2 aliphatic heterocycles. The van der Waals surface area contributed by atoms with Crippen molar-refractivity contribution in [3.05, 3.63) is 116 Å². The van der Waals surface area contributed by atoms with Gasteiger partial charge in [0.05, 0.1) is 95.8 Å². The number of fused-ring (bicyclic) bond motifs is 4. The summed E-state index contributed by atoms with van der Waals surface area (Å²) in [5, 5.41) is 1.73. The second kappa shape index (κ2) is 17.2. The molecule has 0 radical (unpaired) electrons. The van der Waals surface area contributed by atoms with Crippen molar-refractivity contribution in [2.75, 3.05) is 39.6 Å². The largest absolute Gasteiger partial charge is 0.477 e. The highest BCUT2D eigenvalue weighted by Gasteiger charge is 2.31. The molecule has 2 atom stereocenters. The fraction of sp³-hybridized carbons (Fsp3) is 0.404. The zero-order chi connectivity index (χ0) is 43.3. The van der Waals surface area contributed by atoms with Gasteiger partial charge >= 0.3 is 11.4 Å². The predicted molar refractivity (Wildman–Crippen MR) is 243 cm³/mol. The third kappa shape index (κ3) is 8.16. The molecular weight excluding hydrogens is 880 g/mol. The third-order valence-electron chi connectivity index (χ3n) is 12.4. The molecule has 0 bridgehead atoms. The zero-order valence-corrected chi connectivity index (χ0v) is 37.0. The summed E-state index contributed by atoms with van der Waals surface area (Å²) in [6, 6.07) is 16.3. The van der Waals surface area contributed by atoms with Crippen LogP contribution in [0.25, 0.3) is 43.9 Å². The highest BCUT2D eigenvalue weighted by molar-refractivity contribution is 9.10. The molecule has 64 heavy (non-hydrogen) atoms. The van der Waals surface area contributed by atoms with Crippen molar-refractivity contribution in [2.45, 2.75) is 70.6 Å². The number of aryl methyl sites for hydroxylation is 1. The van der Waals surface area contributed by atoms with E-state index in [0.29, 0.717) is 55.1 Å². The first kappa shape index (κ1) is 40.7. The van der Waals surface area contributed by atoms with E-state index in [1.165, 1.54) is 0 Å². The first-order chi connectivity index (χ1) is 31.3. The molecule has 4 aliphatic rings. The van der Waals surface area contributed by atoms with Crippen LogP contribution in [0, 0.1) is 18.8 Å². The van der Waals surface area contributed by atoms with Crippen molar-refractivity contribution in [2.24, 2.45) is 11.8 Å². The van der Waals surface area contributed by atoms with E-state index in [0.717, 1.165) is 112 Å². The highest BCUT2D eigenvalue weighted by Crippen LogP contribution is 2.37. The summed E-state index contributed by atoms with van der Waals surface area (Å²) in [4.78, 5) is 54.0. The Labute approximate surface area is 375 Å². The van der Waals surface area contributed by atoms with Crippen LogP contribution in [0.2, 0.25) is 0 Å². The predicted octanol–water partition coefficient (Wildman–Crippen LogP) is 6.95. The van der Waals surface area contributed by atoms with Gasteiger partial charge in [-0.2, -0.15) is 9.97 Å². The summed E-state index contributed by atoms with van der Waals surface area (Å²) in [5.41, 5.74) is 6.08. The second-order valence-corrected chi connectivity index (χ2v) is 18.2. The minimum absolute atomic E-state index is 0.0333. The summed E-state index contributed by atoms with van der Waals surface area (Å²) < 4.78 is 31.4. The van der Waals surface area contributed by atoms with Gasteiger partial charge < -0.3 is 18.9 Å². The van der Waals surface area contributed by atoms with Crippen LogP contribution in [0.15, 0.2) is 87.4 Å². The molecule has 2 aromatic carbocycles. The Hall–Kier alpha value is -6.04. The molecule has 4 fully saturated rings. The average molecular weight is 928 g/mol. The number of rotatable bonds is 12.